The Kier molecular flexibility index (Phi) is 14.6. The van der Waals surface area contributed by atoms with E-state index in [1.165, 1.54) is 89.9 Å². The van der Waals surface area contributed by atoms with Crippen LogP contribution in [-0.2, 0) is 0 Å². The van der Waals surface area contributed by atoms with Crippen molar-refractivity contribution in [2.24, 2.45) is 5.73 Å². The van der Waals surface area contributed by atoms with Crippen LogP contribution in [0.5, 0.6) is 0 Å². The molecule has 146 valence electrons. The fraction of sp³-hybridized carbons (Fsp3) is 0.818. The number of nitrogens with zero attached hydrogens (tertiary/aromatic N) is 1. The summed E-state index contributed by atoms with van der Waals surface area (Å²) in [6.45, 7) is 3.96. The second-order valence-corrected chi connectivity index (χ2v) is 7.40. The topological polar surface area (TPSA) is 41.3 Å². The predicted octanol–water partition coefficient (Wildman–Crippen LogP) is 5.69. The van der Waals surface area contributed by atoms with Crippen LogP contribution in [0.25, 0.3) is 0 Å². The standard InChI is InChI=1S/C22H43N3/c1-2-3-4-5-6-7-8-9-10-11-12-13-14-15-16-17-22-24-19-21-25(22)20-18-23/h12-13,19,21-22,24H,2-11,14-18,20,23H2,1H3. The fourth-order valence-electron chi connectivity index (χ4n) is 3.49. The monoisotopic (exact) mass is 349 g/mol. The molecular formula is C22H43N3. The second kappa shape index (κ2) is 16.5. The molecule has 0 aliphatic carbocycles. The number of nitrogens with one attached hydrogen (secondary N) is 1. The van der Waals surface area contributed by atoms with Gasteiger partial charge in [0.25, 0.3) is 0 Å². The van der Waals surface area contributed by atoms with Crippen LogP contribution in [0.2, 0.25) is 0 Å². The van der Waals surface area contributed by atoms with Gasteiger partial charge < -0.3 is 16.0 Å². The van der Waals surface area contributed by atoms with Crippen molar-refractivity contribution < 1.29 is 0 Å². The van der Waals surface area contributed by atoms with E-state index in [4.69, 9.17) is 5.73 Å². The van der Waals surface area contributed by atoms with Crippen LogP contribution in [0.15, 0.2) is 24.6 Å². The third-order valence-corrected chi connectivity index (χ3v) is 5.08. The number of hydrogen-bond donors (Lipinski definition) is 2. The summed E-state index contributed by atoms with van der Waals surface area (Å²) in [6.07, 6.45) is 28.5. The lowest BCUT2D eigenvalue weighted by Gasteiger charge is -2.24. The lowest BCUT2D eigenvalue weighted by molar-refractivity contribution is 0.265. The summed E-state index contributed by atoms with van der Waals surface area (Å²) < 4.78 is 0. The van der Waals surface area contributed by atoms with E-state index in [-0.39, 0.29) is 0 Å². The van der Waals surface area contributed by atoms with Crippen molar-refractivity contribution in [3.8, 4) is 0 Å². The molecule has 1 heterocycles. The van der Waals surface area contributed by atoms with Gasteiger partial charge in [-0.05, 0) is 38.5 Å². The summed E-state index contributed by atoms with van der Waals surface area (Å²) in [6, 6.07) is 0. The Morgan fingerprint density at radius 3 is 2.12 bits per heavy atom. The van der Waals surface area contributed by atoms with Gasteiger partial charge in [0.05, 0.1) is 6.17 Å². The van der Waals surface area contributed by atoms with Crippen LogP contribution in [0.3, 0.4) is 0 Å². The van der Waals surface area contributed by atoms with E-state index in [1.807, 2.05) is 6.20 Å². The third-order valence-electron chi connectivity index (χ3n) is 5.08. The molecule has 1 aliphatic heterocycles. The molecule has 0 aromatic carbocycles. The van der Waals surface area contributed by atoms with Gasteiger partial charge in [-0.15, -0.1) is 0 Å². The van der Waals surface area contributed by atoms with Crippen molar-refractivity contribution in [2.75, 3.05) is 13.1 Å². The molecule has 0 radical (unpaired) electrons. The first kappa shape index (κ1) is 22.1. The van der Waals surface area contributed by atoms with Gasteiger partial charge in [0.15, 0.2) is 0 Å². The molecule has 3 heteroatoms. The zero-order chi connectivity index (χ0) is 18.0. The first-order valence-electron chi connectivity index (χ1n) is 10.9. The van der Waals surface area contributed by atoms with E-state index in [2.05, 4.69) is 35.5 Å². The van der Waals surface area contributed by atoms with Gasteiger partial charge in [-0.25, -0.2) is 0 Å². The zero-order valence-electron chi connectivity index (χ0n) is 16.7. The summed E-state index contributed by atoms with van der Waals surface area (Å²) in [5, 5.41) is 3.41. The Balaban J connectivity index is 1.81. The maximum atomic E-state index is 5.64. The van der Waals surface area contributed by atoms with Gasteiger partial charge in [-0.1, -0.05) is 70.4 Å². The van der Waals surface area contributed by atoms with Gasteiger partial charge >= 0.3 is 0 Å². The lowest BCUT2D eigenvalue weighted by Crippen LogP contribution is -2.37. The Hall–Kier alpha value is -0.960. The predicted molar refractivity (Wildman–Crippen MR) is 111 cm³/mol. The first-order valence-corrected chi connectivity index (χ1v) is 10.9. The third kappa shape index (κ3) is 12.1. The number of rotatable bonds is 17. The molecule has 3 N–H and O–H groups in total. The summed E-state index contributed by atoms with van der Waals surface area (Å²) in [7, 11) is 0. The molecule has 0 saturated carbocycles. The van der Waals surface area contributed by atoms with Crippen molar-refractivity contribution in [2.45, 2.75) is 103 Å². The van der Waals surface area contributed by atoms with Crippen LogP contribution in [0.4, 0.5) is 0 Å². The lowest BCUT2D eigenvalue weighted by atomic mass is 10.1. The summed E-state index contributed by atoms with van der Waals surface area (Å²) >= 11 is 0. The molecule has 0 aromatic rings. The normalized spacial score (nSPS) is 16.9. The molecule has 0 saturated heterocycles. The maximum Gasteiger partial charge on any atom is 0.0981 e. The highest BCUT2D eigenvalue weighted by molar-refractivity contribution is 4.94. The minimum absolute atomic E-state index is 0.467. The van der Waals surface area contributed by atoms with Crippen LogP contribution in [0.1, 0.15) is 96.8 Å². The molecule has 0 fully saturated rings. The largest absolute Gasteiger partial charge is 0.370 e. The van der Waals surface area contributed by atoms with E-state index in [0.29, 0.717) is 6.17 Å². The van der Waals surface area contributed by atoms with Crippen LogP contribution < -0.4 is 11.1 Å². The summed E-state index contributed by atoms with van der Waals surface area (Å²) in [4.78, 5) is 2.32. The van der Waals surface area contributed by atoms with E-state index in [0.717, 1.165) is 13.1 Å². The number of nitrogens with two attached hydrogens (primary N) is 1. The second-order valence-electron chi connectivity index (χ2n) is 7.40. The SMILES string of the molecule is CCCCCCCCCCCC=CCCCCC1NC=CN1CCN. The van der Waals surface area contributed by atoms with Gasteiger partial charge in [-0.3, -0.25) is 0 Å². The van der Waals surface area contributed by atoms with Crippen molar-refractivity contribution >= 4 is 0 Å². The number of hydrogen-bond acceptors (Lipinski definition) is 3. The van der Waals surface area contributed by atoms with Gasteiger partial charge in [-0.2, -0.15) is 0 Å². The molecule has 1 rings (SSSR count). The Morgan fingerprint density at radius 2 is 1.48 bits per heavy atom. The minimum atomic E-state index is 0.467. The average Bonchev–Trinajstić information content (AvgIpc) is 3.06. The highest BCUT2D eigenvalue weighted by Crippen LogP contribution is 2.13. The van der Waals surface area contributed by atoms with Gasteiger partial charge in [0.1, 0.15) is 0 Å². The summed E-state index contributed by atoms with van der Waals surface area (Å²) in [5.41, 5.74) is 5.64. The molecule has 0 spiro atoms. The molecule has 1 atom stereocenters. The average molecular weight is 350 g/mol. The highest BCUT2D eigenvalue weighted by Gasteiger charge is 2.16. The van der Waals surface area contributed by atoms with Gasteiger partial charge in [0.2, 0.25) is 0 Å². The molecule has 1 unspecified atom stereocenters. The molecule has 3 nitrogen and oxygen atoms in total. The van der Waals surface area contributed by atoms with Crippen LogP contribution >= 0.6 is 0 Å². The maximum absolute atomic E-state index is 5.64. The molecule has 0 aromatic heterocycles. The summed E-state index contributed by atoms with van der Waals surface area (Å²) in [5.74, 6) is 0. The van der Waals surface area contributed by atoms with E-state index < -0.39 is 0 Å². The Labute approximate surface area is 157 Å². The van der Waals surface area contributed by atoms with Crippen molar-refractivity contribution in [1.29, 1.82) is 0 Å². The van der Waals surface area contributed by atoms with Crippen molar-refractivity contribution in [3.05, 3.63) is 24.6 Å². The molecular weight excluding hydrogens is 306 g/mol. The van der Waals surface area contributed by atoms with E-state index in [9.17, 15) is 0 Å². The number of allylic oxidation sites excluding steroid dienone is 2. The first-order chi connectivity index (χ1) is 12.4. The highest BCUT2D eigenvalue weighted by atomic mass is 15.3. The van der Waals surface area contributed by atoms with E-state index in [1.54, 1.807) is 0 Å². The van der Waals surface area contributed by atoms with Crippen LogP contribution in [-0.4, -0.2) is 24.2 Å². The quantitative estimate of drug-likeness (QED) is 0.262. The van der Waals surface area contributed by atoms with E-state index >= 15 is 0 Å². The van der Waals surface area contributed by atoms with Crippen LogP contribution in [0, 0.1) is 0 Å². The van der Waals surface area contributed by atoms with Gasteiger partial charge in [0, 0.05) is 25.5 Å². The Morgan fingerprint density at radius 1 is 0.880 bits per heavy atom. The number of unbranched alkanes of at least 4 members (excludes halogenated alkanes) is 11. The van der Waals surface area contributed by atoms with Crippen molar-refractivity contribution in [1.82, 2.24) is 10.2 Å². The Bertz CT molecular complexity index is 338. The fourth-order valence-corrected chi connectivity index (χ4v) is 3.49. The smallest absolute Gasteiger partial charge is 0.0981 e. The molecule has 25 heavy (non-hydrogen) atoms. The molecule has 0 bridgehead atoms. The molecule has 0 amide bonds. The van der Waals surface area contributed by atoms with Crippen molar-refractivity contribution in [3.63, 3.8) is 0 Å². The minimum Gasteiger partial charge on any atom is -0.370 e. The molecule has 1 aliphatic rings. The zero-order valence-corrected chi connectivity index (χ0v) is 16.7.